The Bertz CT molecular complexity index is 809. The van der Waals surface area contributed by atoms with Crippen molar-refractivity contribution < 1.29 is 14.4 Å². The van der Waals surface area contributed by atoms with Gasteiger partial charge in [-0.1, -0.05) is 19.9 Å². The SMILES string of the molecule is CC(C)Cc1nc2c(C(=O)NC3CCC(=O)NC3=O)cccc2[nH]1. The maximum atomic E-state index is 12.6. The van der Waals surface area contributed by atoms with Crippen LogP contribution in [-0.4, -0.2) is 33.7 Å². The summed E-state index contributed by atoms with van der Waals surface area (Å²) in [5, 5.41) is 4.93. The standard InChI is InChI=1S/C17H20N4O3/c1-9(2)8-13-18-11-5-3-4-10(15(11)20-13)16(23)19-12-6-7-14(22)21-17(12)24/h3-5,9,12H,6-8H2,1-2H3,(H,18,20)(H,19,23)(H,21,22,24). The van der Waals surface area contributed by atoms with Gasteiger partial charge in [-0.15, -0.1) is 0 Å². The number of aromatic nitrogens is 2. The number of carbonyl (C=O) groups excluding carboxylic acids is 3. The van der Waals surface area contributed by atoms with Crippen molar-refractivity contribution >= 4 is 28.8 Å². The lowest BCUT2D eigenvalue weighted by atomic mass is 10.1. The number of hydrogen-bond donors (Lipinski definition) is 3. The highest BCUT2D eigenvalue weighted by atomic mass is 16.2. The van der Waals surface area contributed by atoms with Gasteiger partial charge in [-0.05, 0) is 24.5 Å². The lowest BCUT2D eigenvalue weighted by Crippen LogP contribution is -2.52. The molecular weight excluding hydrogens is 308 g/mol. The summed E-state index contributed by atoms with van der Waals surface area (Å²) in [5.74, 6) is 0.151. The molecule has 1 fully saturated rings. The van der Waals surface area contributed by atoms with Crippen LogP contribution in [0.15, 0.2) is 18.2 Å². The van der Waals surface area contributed by atoms with Crippen molar-refractivity contribution in [2.45, 2.75) is 39.2 Å². The van der Waals surface area contributed by atoms with Gasteiger partial charge >= 0.3 is 0 Å². The first kappa shape index (κ1) is 16.2. The quantitative estimate of drug-likeness (QED) is 0.736. The van der Waals surface area contributed by atoms with Gasteiger partial charge in [0.15, 0.2) is 0 Å². The Morgan fingerprint density at radius 2 is 2.17 bits per heavy atom. The third-order valence-corrected chi connectivity index (χ3v) is 3.95. The zero-order valence-corrected chi connectivity index (χ0v) is 13.7. The number of H-pyrrole nitrogens is 1. The molecule has 1 aliphatic heterocycles. The zero-order valence-electron chi connectivity index (χ0n) is 13.7. The predicted molar refractivity (Wildman–Crippen MR) is 88.3 cm³/mol. The van der Waals surface area contributed by atoms with E-state index < -0.39 is 11.9 Å². The Labute approximate surface area is 139 Å². The molecule has 2 heterocycles. The minimum absolute atomic E-state index is 0.224. The summed E-state index contributed by atoms with van der Waals surface area (Å²) in [4.78, 5) is 43.3. The Kier molecular flexibility index (Phi) is 4.33. The number of nitrogens with zero attached hydrogens (tertiary/aromatic N) is 1. The summed E-state index contributed by atoms with van der Waals surface area (Å²) < 4.78 is 0. The van der Waals surface area contributed by atoms with Gasteiger partial charge < -0.3 is 10.3 Å². The van der Waals surface area contributed by atoms with E-state index in [0.29, 0.717) is 23.4 Å². The fourth-order valence-corrected chi connectivity index (χ4v) is 2.82. The van der Waals surface area contributed by atoms with Crippen LogP contribution in [0.4, 0.5) is 0 Å². The number of fused-ring (bicyclic) bond motifs is 1. The summed E-state index contributed by atoms with van der Waals surface area (Å²) >= 11 is 0. The minimum atomic E-state index is -0.695. The van der Waals surface area contributed by atoms with Gasteiger partial charge in [0, 0.05) is 12.8 Å². The van der Waals surface area contributed by atoms with Crippen molar-refractivity contribution in [1.29, 1.82) is 0 Å². The summed E-state index contributed by atoms with van der Waals surface area (Å²) in [7, 11) is 0. The van der Waals surface area contributed by atoms with E-state index in [1.54, 1.807) is 12.1 Å². The smallest absolute Gasteiger partial charge is 0.254 e. The Morgan fingerprint density at radius 1 is 1.38 bits per heavy atom. The van der Waals surface area contributed by atoms with Crippen molar-refractivity contribution in [2.24, 2.45) is 5.92 Å². The van der Waals surface area contributed by atoms with Crippen LogP contribution in [0.3, 0.4) is 0 Å². The van der Waals surface area contributed by atoms with Gasteiger partial charge in [0.2, 0.25) is 11.8 Å². The molecule has 1 unspecified atom stereocenters. The second-order valence-corrected chi connectivity index (χ2v) is 6.46. The number of piperidine rings is 1. The molecule has 24 heavy (non-hydrogen) atoms. The Hall–Kier alpha value is -2.70. The molecule has 7 nitrogen and oxygen atoms in total. The van der Waals surface area contributed by atoms with Crippen molar-refractivity contribution in [1.82, 2.24) is 20.6 Å². The van der Waals surface area contributed by atoms with Crippen LogP contribution in [0.25, 0.3) is 11.0 Å². The minimum Gasteiger partial charge on any atom is -0.342 e. The highest BCUT2D eigenvalue weighted by Gasteiger charge is 2.28. The summed E-state index contributed by atoms with van der Waals surface area (Å²) in [6.45, 7) is 4.20. The first-order valence-electron chi connectivity index (χ1n) is 8.06. The number of carbonyl (C=O) groups is 3. The van der Waals surface area contributed by atoms with Crippen LogP contribution in [0.5, 0.6) is 0 Å². The van der Waals surface area contributed by atoms with Crippen molar-refractivity contribution in [3.8, 4) is 0 Å². The molecule has 3 N–H and O–H groups in total. The number of nitrogens with one attached hydrogen (secondary N) is 3. The highest BCUT2D eigenvalue weighted by molar-refractivity contribution is 6.08. The molecule has 1 aromatic carbocycles. The number of para-hydroxylation sites is 1. The van der Waals surface area contributed by atoms with Crippen LogP contribution in [0, 0.1) is 5.92 Å². The van der Waals surface area contributed by atoms with Gasteiger partial charge in [-0.2, -0.15) is 0 Å². The fraction of sp³-hybridized carbons (Fsp3) is 0.412. The highest BCUT2D eigenvalue weighted by Crippen LogP contribution is 2.18. The molecule has 1 aliphatic rings. The van der Waals surface area contributed by atoms with E-state index in [2.05, 4.69) is 34.4 Å². The summed E-state index contributed by atoms with van der Waals surface area (Å²) in [6, 6.07) is 4.64. The van der Waals surface area contributed by atoms with E-state index in [0.717, 1.165) is 17.8 Å². The van der Waals surface area contributed by atoms with E-state index in [4.69, 9.17) is 0 Å². The Balaban J connectivity index is 1.83. The van der Waals surface area contributed by atoms with Gasteiger partial charge in [0.1, 0.15) is 17.4 Å². The molecule has 126 valence electrons. The lowest BCUT2D eigenvalue weighted by molar-refractivity contribution is -0.134. The van der Waals surface area contributed by atoms with Gasteiger partial charge in [-0.3, -0.25) is 19.7 Å². The second kappa shape index (κ2) is 6.43. The molecule has 3 rings (SSSR count). The number of aromatic amines is 1. The molecule has 3 amide bonds. The van der Waals surface area contributed by atoms with Gasteiger partial charge in [0.25, 0.3) is 5.91 Å². The van der Waals surface area contributed by atoms with Crippen molar-refractivity contribution in [2.75, 3.05) is 0 Å². The van der Waals surface area contributed by atoms with Gasteiger partial charge in [0.05, 0.1) is 11.1 Å². The molecule has 2 aromatic rings. The van der Waals surface area contributed by atoms with E-state index in [-0.39, 0.29) is 18.2 Å². The maximum absolute atomic E-state index is 12.6. The topological polar surface area (TPSA) is 104 Å². The second-order valence-electron chi connectivity index (χ2n) is 6.46. The van der Waals surface area contributed by atoms with Crippen LogP contribution < -0.4 is 10.6 Å². The molecule has 1 saturated heterocycles. The molecule has 7 heteroatoms. The van der Waals surface area contributed by atoms with E-state index in [1.807, 2.05) is 6.07 Å². The third kappa shape index (κ3) is 3.29. The normalized spacial score (nSPS) is 18.0. The van der Waals surface area contributed by atoms with E-state index in [9.17, 15) is 14.4 Å². The lowest BCUT2D eigenvalue weighted by Gasteiger charge is -2.21. The van der Waals surface area contributed by atoms with E-state index in [1.165, 1.54) is 0 Å². The number of amides is 3. The molecule has 0 bridgehead atoms. The zero-order chi connectivity index (χ0) is 17.3. The monoisotopic (exact) mass is 328 g/mol. The summed E-state index contributed by atoms with van der Waals surface area (Å²) in [6.07, 6.45) is 1.33. The van der Waals surface area contributed by atoms with Crippen molar-refractivity contribution in [3.63, 3.8) is 0 Å². The maximum Gasteiger partial charge on any atom is 0.254 e. The molecule has 0 aliphatic carbocycles. The first-order valence-corrected chi connectivity index (χ1v) is 8.06. The van der Waals surface area contributed by atoms with Crippen LogP contribution in [-0.2, 0) is 16.0 Å². The Morgan fingerprint density at radius 3 is 2.88 bits per heavy atom. The largest absolute Gasteiger partial charge is 0.342 e. The number of hydrogen-bond acceptors (Lipinski definition) is 4. The molecule has 0 radical (unpaired) electrons. The molecule has 1 aromatic heterocycles. The fourth-order valence-electron chi connectivity index (χ4n) is 2.82. The van der Waals surface area contributed by atoms with E-state index >= 15 is 0 Å². The van der Waals surface area contributed by atoms with Crippen LogP contribution in [0.2, 0.25) is 0 Å². The van der Waals surface area contributed by atoms with Crippen LogP contribution in [0.1, 0.15) is 42.9 Å². The molecular formula is C17H20N4O3. The molecule has 1 atom stereocenters. The summed E-state index contributed by atoms with van der Waals surface area (Å²) in [5.41, 5.74) is 1.81. The van der Waals surface area contributed by atoms with Gasteiger partial charge in [-0.25, -0.2) is 4.98 Å². The third-order valence-electron chi connectivity index (χ3n) is 3.95. The average Bonchev–Trinajstić information content (AvgIpc) is 2.91. The van der Waals surface area contributed by atoms with Crippen molar-refractivity contribution in [3.05, 3.63) is 29.6 Å². The molecule has 0 spiro atoms. The number of benzene rings is 1. The average molecular weight is 328 g/mol. The van der Waals surface area contributed by atoms with Crippen LogP contribution >= 0.6 is 0 Å². The number of imidazole rings is 1. The molecule has 0 saturated carbocycles. The first-order chi connectivity index (χ1) is 11.4. The number of rotatable bonds is 4. The predicted octanol–water partition coefficient (Wildman–Crippen LogP) is 1.30. The number of imide groups is 1.